The molecule has 140 valence electrons. The Balaban J connectivity index is 1.76. The van der Waals surface area contributed by atoms with Crippen molar-refractivity contribution in [2.45, 2.75) is 27.0 Å². The predicted octanol–water partition coefficient (Wildman–Crippen LogP) is 6.35. The molecule has 0 saturated carbocycles. The van der Waals surface area contributed by atoms with Crippen molar-refractivity contribution in [1.29, 1.82) is 0 Å². The van der Waals surface area contributed by atoms with Gasteiger partial charge in [0.2, 0.25) is 0 Å². The molecule has 0 fully saturated rings. The number of hydrogen-bond donors (Lipinski definition) is 1. The number of aryl methyl sites for hydroxylation is 1. The van der Waals surface area contributed by atoms with E-state index in [0.29, 0.717) is 19.8 Å². The topological polar surface area (TPSA) is 30.5 Å². The fraction of sp³-hybridized carbons (Fsp3) is 0.217. The van der Waals surface area contributed by atoms with Gasteiger partial charge >= 0.3 is 0 Å². The molecule has 0 saturated heterocycles. The number of nitrogens with one attached hydrogen (secondary N) is 1. The number of halogens is 1. The number of para-hydroxylation sites is 1. The molecule has 27 heavy (non-hydrogen) atoms. The molecule has 4 heteroatoms. The molecule has 1 N–H and O–H groups in total. The first-order chi connectivity index (χ1) is 13.2. The lowest BCUT2D eigenvalue weighted by molar-refractivity contribution is 0.267. The van der Waals surface area contributed by atoms with Crippen molar-refractivity contribution in [3.05, 3.63) is 87.9 Å². The molecule has 0 aliphatic heterocycles. The summed E-state index contributed by atoms with van der Waals surface area (Å²) < 4.78 is 12.8. The Labute approximate surface area is 169 Å². The fourth-order valence-electron chi connectivity index (χ4n) is 2.82. The molecule has 0 aromatic heterocycles. The van der Waals surface area contributed by atoms with Crippen LogP contribution >= 0.6 is 15.9 Å². The minimum Gasteiger partial charge on any atom is -0.490 e. The third-order valence-corrected chi connectivity index (χ3v) is 4.81. The van der Waals surface area contributed by atoms with Crippen molar-refractivity contribution < 1.29 is 9.47 Å². The number of benzene rings is 3. The van der Waals surface area contributed by atoms with E-state index in [9.17, 15) is 0 Å². The first-order valence-corrected chi connectivity index (χ1v) is 9.88. The molecule has 3 aromatic rings. The zero-order valence-corrected chi connectivity index (χ0v) is 17.3. The maximum Gasteiger partial charge on any atom is 0.175 e. The van der Waals surface area contributed by atoms with E-state index < -0.39 is 0 Å². The summed E-state index contributed by atoms with van der Waals surface area (Å²) >= 11 is 3.65. The van der Waals surface area contributed by atoms with E-state index in [1.165, 1.54) is 5.56 Å². The summed E-state index contributed by atoms with van der Waals surface area (Å²) in [5.41, 5.74) is 4.61. The van der Waals surface area contributed by atoms with Gasteiger partial charge in [-0.2, -0.15) is 0 Å². The first kappa shape index (κ1) is 19.3. The second kappa shape index (κ2) is 9.47. The van der Waals surface area contributed by atoms with Gasteiger partial charge < -0.3 is 14.8 Å². The monoisotopic (exact) mass is 425 g/mol. The Morgan fingerprint density at radius 2 is 1.63 bits per heavy atom. The van der Waals surface area contributed by atoms with Crippen LogP contribution in [0.3, 0.4) is 0 Å². The van der Waals surface area contributed by atoms with Crippen LogP contribution in [0, 0.1) is 6.92 Å². The zero-order chi connectivity index (χ0) is 19.1. The van der Waals surface area contributed by atoms with Crippen molar-refractivity contribution >= 4 is 21.6 Å². The highest BCUT2D eigenvalue weighted by Crippen LogP contribution is 2.37. The second-order valence-electron chi connectivity index (χ2n) is 6.28. The molecule has 3 nitrogen and oxygen atoms in total. The standard InChI is InChI=1S/C23H24BrNO2/c1-3-26-22-14-19(15-25-21-12-8-7-9-17(21)2)13-20(24)23(22)27-16-18-10-5-4-6-11-18/h4-14,25H,3,15-16H2,1-2H3. The van der Waals surface area contributed by atoms with Gasteiger partial charge in [0.05, 0.1) is 11.1 Å². The highest BCUT2D eigenvalue weighted by Gasteiger charge is 2.13. The molecule has 0 heterocycles. The van der Waals surface area contributed by atoms with Gasteiger partial charge in [-0.1, -0.05) is 48.5 Å². The Morgan fingerprint density at radius 3 is 2.37 bits per heavy atom. The van der Waals surface area contributed by atoms with Gasteiger partial charge in [0.15, 0.2) is 11.5 Å². The molecular weight excluding hydrogens is 402 g/mol. The Kier molecular flexibility index (Phi) is 6.77. The Hall–Kier alpha value is -2.46. The summed E-state index contributed by atoms with van der Waals surface area (Å²) in [5.74, 6) is 1.49. The minimum atomic E-state index is 0.500. The number of anilines is 1. The summed E-state index contributed by atoms with van der Waals surface area (Å²) in [6, 6.07) is 22.5. The van der Waals surface area contributed by atoms with E-state index >= 15 is 0 Å². The van der Waals surface area contributed by atoms with Gasteiger partial charge in [0.1, 0.15) is 6.61 Å². The molecule has 0 radical (unpaired) electrons. The van der Waals surface area contributed by atoms with Crippen LogP contribution in [0.1, 0.15) is 23.6 Å². The number of ether oxygens (including phenoxy) is 2. The number of rotatable bonds is 8. The molecular formula is C23H24BrNO2. The van der Waals surface area contributed by atoms with Gasteiger partial charge in [-0.05, 0) is 64.7 Å². The van der Waals surface area contributed by atoms with Crippen molar-refractivity contribution in [3.63, 3.8) is 0 Å². The van der Waals surface area contributed by atoms with E-state index in [1.54, 1.807) is 0 Å². The van der Waals surface area contributed by atoms with E-state index in [-0.39, 0.29) is 0 Å². The van der Waals surface area contributed by atoms with Crippen LogP contribution in [0.15, 0.2) is 71.2 Å². The van der Waals surface area contributed by atoms with Gasteiger partial charge in [-0.15, -0.1) is 0 Å². The van der Waals surface area contributed by atoms with Gasteiger partial charge in [0.25, 0.3) is 0 Å². The Morgan fingerprint density at radius 1 is 0.889 bits per heavy atom. The van der Waals surface area contributed by atoms with Crippen LogP contribution in [0.4, 0.5) is 5.69 Å². The zero-order valence-electron chi connectivity index (χ0n) is 15.7. The quantitative estimate of drug-likeness (QED) is 0.456. The van der Waals surface area contributed by atoms with Crippen LogP contribution in [0.2, 0.25) is 0 Å². The molecule has 0 aliphatic carbocycles. The number of hydrogen-bond acceptors (Lipinski definition) is 3. The van der Waals surface area contributed by atoms with Crippen molar-refractivity contribution in [3.8, 4) is 11.5 Å². The average molecular weight is 426 g/mol. The van der Waals surface area contributed by atoms with Crippen LogP contribution in [-0.2, 0) is 13.2 Å². The lowest BCUT2D eigenvalue weighted by Gasteiger charge is -2.16. The van der Waals surface area contributed by atoms with Crippen LogP contribution in [0.5, 0.6) is 11.5 Å². The average Bonchev–Trinajstić information content (AvgIpc) is 2.68. The predicted molar refractivity (Wildman–Crippen MR) is 115 cm³/mol. The van der Waals surface area contributed by atoms with E-state index in [2.05, 4.69) is 58.5 Å². The van der Waals surface area contributed by atoms with Crippen molar-refractivity contribution in [1.82, 2.24) is 0 Å². The van der Waals surface area contributed by atoms with E-state index in [0.717, 1.165) is 32.8 Å². The smallest absolute Gasteiger partial charge is 0.175 e. The van der Waals surface area contributed by atoms with Crippen LogP contribution in [0.25, 0.3) is 0 Å². The maximum atomic E-state index is 6.05. The van der Waals surface area contributed by atoms with Crippen molar-refractivity contribution in [2.24, 2.45) is 0 Å². The van der Waals surface area contributed by atoms with Gasteiger partial charge in [-0.25, -0.2) is 0 Å². The molecule has 0 unspecified atom stereocenters. The summed E-state index contributed by atoms with van der Waals surface area (Å²) in [7, 11) is 0. The maximum absolute atomic E-state index is 6.05. The normalized spacial score (nSPS) is 10.5. The van der Waals surface area contributed by atoms with E-state index in [4.69, 9.17) is 9.47 Å². The largest absolute Gasteiger partial charge is 0.490 e. The molecule has 0 aliphatic rings. The van der Waals surface area contributed by atoms with E-state index in [1.807, 2.05) is 43.3 Å². The van der Waals surface area contributed by atoms with Gasteiger partial charge in [-0.3, -0.25) is 0 Å². The third kappa shape index (κ3) is 5.27. The highest BCUT2D eigenvalue weighted by molar-refractivity contribution is 9.10. The molecule has 0 spiro atoms. The lowest BCUT2D eigenvalue weighted by Crippen LogP contribution is -2.04. The highest BCUT2D eigenvalue weighted by atomic mass is 79.9. The van der Waals surface area contributed by atoms with Crippen LogP contribution in [-0.4, -0.2) is 6.61 Å². The third-order valence-electron chi connectivity index (χ3n) is 4.22. The Bertz CT molecular complexity index is 881. The first-order valence-electron chi connectivity index (χ1n) is 9.09. The summed E-state index contributed by atoms with van der Waals surface area (Å²) in [6.07, 6.45) is 0. The SMILES string of the molecule is CCOc1cc(CNc2ccccc2C)cc(Br)c1OCc1ccccc1. The molecule has 3 aromatic carbocycles. The summed E-state index contributed by atoms with van der Waals surface area (Å²) in [4.78, 5) is 0. The van der Waals surface area contributed by atoms with Gasteiger partial charge in [0, 0.05) is 12.2 Å². The fourth-order valence-corrected chi connectivity index (χ4v) is 3.43. The lowest BCUT2D eigenvalue weighted by atomic mass is 10.1. The van der Waals surface area contributed by atoms with Crippen molar-refractivity contribution in [2.75, 3.05) is 11.9 Å². The van der Waals surface area contributed by atoms with Crippen LogP contribution < -0.4 is 14.8 Å². The molecule has 3 rings (SSSR count). The second-order valence-corrected chi connectivity index (χ2v) is 7.14. The summed E-state index contributed by atoms with van der Waals surface area (Å²) in [5, 5.41) is 3.49. The molecule has 0 amide bonds. The molecule has 0 atom stereocenters. The summed E-state index contributed by atoms with van der Waals surface area (Å²) in [6.45, 7) is 5.88. The minimum absolute atomic E-state index is 0.500. The molecule has 0 bridgehead atoms.